The van der Waals surface area contributed by atoms with Crippen LogP contribution in [0.25, 0.3) is 0 Å². The van der Waals surface area contributed by atoms with Gasteiger partial charge in [0.1, 0.15) is 0 Å². The lowest BCUT2D eigenvalue weighted by molar-refractivity contribution is -0.129. The number of aryl methyl sites for hydroxylation is 2. The topological polar surface area (TPSA) is 52.7 Å². The molecule has 0 aliphatic carbocycles. The van der Waals surface area contributed by atoms with Gasteiger partial charge in [0.25, 0.3) is 0 Å². The molecule has 1 heterocycles. The van der Waals surface area contributed by atoms with Gasteiger partial charge in [0.15, 0.2) is 0 Å². The molecule has 0 aromatic heterocycles. The number of piperazine rings is 1. The van der Waals surface area contributed by atoms with Gasteiger partial charge in [0, 0.05) is 36.8 Å². The first kappa shape index (κ1) is 19.3. The Balaban J connectivity index is 1.46. The third-order valence-corrected chi connectivity index (χ3v) is 5.78. The Kier molecular flexibility index (Phi) is 6.40. The van der Waals surface area contributed by atoms with Crippen LogP contribution in [-0.4, -0.2) is 53.7 Å². The third-order valence-electron chi connectivity index (χ3n) is 4.64. The van der Waals surface area contributed by atoms with Gasteiger partial charge in [-0.1, -0.05) is 35.9 Å². The third kappa shape index (κ3) is 5.26. The van der Waals surface area contributed by atoms with E-state index in [1.54, 1.807) is 16.7 Å². The Morgan fingerprint density at radius 1 is 0.963 bits per heavy atom. The van der Waals surface area contributed by atoms with Crippen LogP contribution in [0.3, 0.4) is 0 Å². The molecule has 1 N–H and O–H groups in total. The summed E-state index contributed by atoms with van der Waals surface area (Å²) in [5, 5.41) is 2.89. The van der Waals surface area contributed by atoms with E-state index in [1.165, 1.54) is 11.1 Å². The van der Waals surface area contributed by atoms with Crippen LogP contribution in [0.2, 0.25) is 0 Å². The largest absolute Gasteiger partial charge is 0.338 e. The number of benzene rings is 2. The molecule has 0 atom stereocenters. The van der Waals surface area contributed by atoms with Crippen molar-refractivity contribution in [2.24, 2.45) is 0 Å². The van der Waals surface area contributed by atoms with Crippen molar-refractivity contribution in [1.82, 2.24) is 9.80 Å². The Morgan fingerprint density at radius 2 is 1.63 bits per heavy atom. The molecule has 3 amide bonds. The zero-order chi connectivity index (χ0) is 19.2. The molecule has 0 radical (unpaired) electrons. The number of nitrogens with one attached hydrogen (secondary N) is 1. The fourth-order valence-corrected chi connectivity index (χ4v) is 4.00. The minimum absolute atomic E-state index is 0.113. The second-order valence-electron chi connectivity index (χ2n) is 6.72. The zero-order valence-corrected chi connectivity index (χ0v) is 16.6. The number of para-hydroxylation sites is 1. The van der Waals surface area contributed by atoms with Crippen LogP contribution in [0.5, 0.6) is 0 Å². The van der Waals surface area contributed by atoms with Gasteiger partial charge in [-0.25, -0.2) is 4.79 Å². The molecule has 0 saturated carbocycles. The van der Waals surface area contributed by atoms with E-state index in [1.807, 2.05) is 35.2 Å². The fraction of sp³-hybridized carbons (Fsp3) is 0.333. The van der Waals surface area contributed by atoms with E-state index in [-0.39, 0.29) is 11.9 Å². The zero-order valence-electron chi connectivity index (χ0n) is 15.8. The van der Waals surface area contributed by atoms with Gasteiger partial charge in [0.2, 0.25) is 5.91 Å². The van der Waals surface area contributed by atoms with Crippen LogP contribution in [0.15, 0.2) is 53.4 Å². The summed E-state index contributed by atoms with van der Waals surface area (Å²) in [6.45, 7) is 6.39. The molecule has 1 fully saturated rings. The summed E-state index contributed by atoms with van der Waals surface area (Å²) in [4.78, 5) is 29.6. The predicted molar refractivity (Wildman–Crippen MR) is 110 cm³/mol. The van der Waals surface area contributed by atoms with Gasteiger partial charge in [-0.05, 0) is 37.6 Å². The van der Waals surface area contributed by atoms with Crippen molar-refractivity contribution in [2.75, 3.05) is 37.2 Å². The number of carbonyl (C=O) groups is 2. The van der Waals surface area contributed by atoms with Gasteiger partial charge in [0.05, 0.1) is 5.75 Å². The Morgan fingerprint density at radius 3 is 2.33 bits per heavy atom. The summed E-state index contributed by atoms with van der Waals surface area (Å²) in [6.07, 6.45) is 0. The second-order valence-corrected chi connectivity index (χ2v) is 7.74. The van der Waals surface area contributed by atoms with Crippen molar-refractivity contribution in [3.8, 4) is 0 Å². The van der Waals surface area contributed by atoms with E-state index in [0.29, 0.717) is 31.9 Å². The monoisotopic (exact) mass is 383 g/mol. The van der Waals surface area contributed by atoms with Crippen molar-refractivity contribution in [3.63, 3.8) is 0 Å². The summed E-state index contributed by atoms with van der Waals surface area (Å²) in [5.41, 5.74) is 3.18. The first-order chi connectivity index (χ1) is 13.0. The highest BCUT2D eigenvalue weighted by molar-refractivity contribution is 8.00. The molecule has 27 heavy (non-hydrogen) atoms. The summed E-state index contributed by atoms with van der Waals surface area (Å²) in [7, 11) is 0. The minimum Gasteiger partial charge on any atom is -0.338 e. The molecule has 0 spiro atoms. The van der Waals surface area contributed by atoms with Crippen molar-refractivity contribution in [3.05, 3.63) is 59.7 Å². The maximum absolute atomic E-state index is 12.5. The van der Waals surface area contributed by atoms with Crippen molar-refractivity contribution < 1.29 is 9.59 Å². The molecule has 2 aromatic rings. The fourth-order valence-electron chi connectivity index (χ4n) is 2.98. The van der Waals surface area contributed by atoms with Gasteiger partial charge < -0.3 is 15.1 Å². The van der Waals surface area contributed by atoms with Gasteiger partial charge >= 0.3 is 6.03 Å². The highest BCUT2D eigenvalue weighted by Gasteiger charge is 2.24. The molecule has 142 valence electrons. The first-order valence-electron chi connectivity index (χ1n) is 9.12. The van der Waals surface area contributed by atoms with Crippen LogP contribution in [0.4, 0.5) is 10.5 Å². The number of hydrogen-bond donors (Lipinski definition) is 1. The van der Waals surface area contributed by atoms with Crippen LogP contribution in [0, 0.1) is 13.8 Å². The van der Waals surface area contributed by atoms with E-state index in [2.05, 4.69) is 37.4 Å². The Bertz CT molecular complexity index is 802. The lowest BCUT2D eigenvalue weighted by atomic mass is 10.2. The molecule has 2 aromatic carbocycles. The quantitative estimate of drug-likeness (QED) is 0.818. The molecule has 1 aliphatic heterocycles. The molecule has 6 heteroatoms. The van der Waals surface area contributed by atoms with E-state index < -0.39 is 0 Å². The van der Waals surface area contributed by atoms with Gasteiger partial charge in [-0.15, -0.1) is 11.8 Å². The lowest BCUT2D eigenvalue weighted by Crippen LogP contribution is -2.52. The number of anilines is 1. The standard InChI is InChI=1S/C21H25N3O2S/c1-16-8-9-17(2)19(14-16)27-15-20(25)23-10-12-24(13-11-23)21(26)22-18-6-4-3-5-7-18/h3-9,14H,10-13,15H2,1-2H3,(H,22,26). The number of hydrogen-bond acceptors (Lipinski definition) is 3. The molecule has 0 unspecified atom stereocenters. The summed E-state index contributed by atoms with van der Waals surface area (Å²) in [6, 6.07) is 15.6. The van der Waals surface area contributed by atoms with E-state index >= 15 is 0 Å². The van der Waals surface area contributed by atoms with Gasteiger partial charge in [-0.3, -0.25) is 4.79 Å². The number of nitrogens with zero attached hydrogens (tertiary/aromatic N) is 2. The molecule has 1 saturated heterocycles. The van der Waals surface area contributed by atoms with E-state index in [0.717, 1.165) is 10.6 Å². The molecular weight excluding hydrogens is 358 g/mol. The second kappa shape index (κ2) is 8.95. The number of thioether (sulfide) groups is 1. The maximum Gasteiger partial charge on any atom is 0.321 e. The number of amides is 3. The molecular formula is C21H25N3O2S. The lowest BCUT2D eigenvalue weighted by Gasteiger charge is -2.34. The van der Waals surface area contributed by atoms with E-state index in [4.69, 9.17) is 0 Å². The summed E-state index contributed by atoms with van der Waals surface area (Å²) >= 11 is 1.59. The average Bonchev–Trinajstić information content (AvgIpc) is 2.69. The molecule has 3 rings (SSSR count). The minimum atomic E-state index is -0.113. The summed E-state index contributed by atoms with van der Waals surface area (Å²) in [5.74, 6) is 0.560. The normalized spacial score (nSPS) is 14.1. The van der Waals surface area contributed by atoms with E-state index in [9.17, 15) is 9.59 Å². The molecule has 1 aliphatic rings. The van der Waals surface area contributed by atoms with Crippen molar-refractivity contribution in [2.45, 2.75) is 18.7 Å². The highest BCUT2D eigenvalue weighted by atomic mass is 32.2. The summed E-state index contributed by atoms with van der Waals surface area (Å²) < 4.78 is 0. The van der Waals surface area contributed by atoms with Crippen LogP contribution in [-0.2, 0) is 4.79 Å². The van der Waals surface area contributed by atoms with Crippen molar-refractivity contribution in [1.29, 1.82) is 0 Å². The van der Waals surface area contributed by atoms with Crippen LogP contribution >= 0.6 is 11.8 Å². The van der Waals surface area contributed by atoms with Crippen LogP contribution in [0.1, 0.15) is 11.1 Å². The average molecular weight is 384 g/mol. The number of urea groups is 1. The number of carbonyl (C=O) groups excluding carboxylic acids is 2. The molecule has 0 bridgehead atoms. The highest BCUT2D eigenvalue weighted by Crippen LogP contribution is 2.24. The Labute approximate surface area is 164 Å². The SMILES string of the molecule is Cc1ccc(C)c(SCC(=O)N2CCN(C(=O)Nc3ccccc3)CC2)c1. The van der Waals surface area contributed by atoms with Crippen LogP contribution < -0.4 is 5.32 Å². The molecule has 5 nitrogen and oxygen atoms in total. The smallest absolute Gasteiger partial charge is 0.321 e. The Hall–Kier alpha value is -2.47. The number of rotatable bonds is 4. The maximum atomic E-state index is 12.5. The van der Waals surface area contributed by atoms with Crippen molar-refractivity contribution >= 4 is 29.4 Å². The predicted octanol–water partition coefficient (Wildman–Crippen LogP) is 3.77. The van der Waals surface area contributed by atoms with Gasteiger partial charge in [-0.2, -0.15) is 0 Å². The first-order valence-corrected chi connectivity index (χ1v) is 10.1.